The van der Waals surface area contributed by atoms with Crippen molar-refractivity contribution in [2.75, 3.05) is 12.3 Å². The fourth-order valence-corrected chi connectivity index (χ4v) is 1.37. The maximum absolute atomic E-state index is 11.2. The van der Waals surface area contributed by atoms with E-state index in [4.69, 9.17) is 0 Å². The number of carbonyl (C=O) groups excluding carboxylic acids is 1. The van der Waals surface area contributed by atoms with E-state index in [2.05, 4.69) is 31.8 Å². The Morgan fingerprint density at radius 3 is 2.29 bits per heavy atom. The SMILES string of the molecule is CC.CCCC(C)CNC(=O)CCCS.O.[Sn]. The van der Waals surface area contributed by atoms with Gasteiger partial charge in [-0.1, -0.05) is 34.1 Å². The minimum Gasteiger partial charge on any atom is -0.412 e. The van der Waals surface area contributed by atoms with Crippen molar-refractivity contribution in [3.63, 3.8) is 0 Å². The molecule has 5 heteroatoms. The molecule has 0 fully saturated rings. The van der Waals surface area contributed by atoms with Gasteiger partial charge in [-0.3, -0.25) is 4.79 Å². The van der Waals surface area contributed by atoms with Crippen LogP contribution in [0.5, 0.6) is 0 Å². The maximum atomic E-state index is 11.2. The summed E-state index contributed by atoms with van der Waals surface area (Å²) < 4.78 is 0. The third-order valence-electron chi connectivity index (χ3n) is 1.99. The first kappa shape index (κ1) is 26.2. The normalized spacial score (nSPS) is 9.94. The molecule has 3 N–H and O–H groups in total. The van der Waals surface area contributed by atoms with Crippen LogP contribution in [0.4, 0.5) is 0 Å². The van der Waals surface area contributed by atoms with Gasteiger partial charge in [0, 0.05) is 36.9 Å². The van der Waals surface area contributed by atoms with Gasteiger partial charge in [-0.25, -0.2) is 0 Å². The molecule has 4 radical (unpaired) electrons. The summed E-state index contributed by atoms with van der Waals surface area (Å²) in [6, 6.07) is 0. The van der Waals surface area contributed by atoms with Crippen molar-refractivity contribution in [2.45, 2.75) is 53.4 Å². The Morgan fingerprint density at radius 1 is 1.35 bits per heavy atom. The molecule has 0 aliphatic rings. The summed E-state index contributed by atoms with van der Waals surface area (Å²) in [6.45, 7) is 9.15. The predicted molar refractivity (Wildman–Crippen MR) is 80.9 cm³/mol. The van der Waals surface area contributed by atoms with Crippen molar-refractivity contribution in [2.24, 2.45) is 5.92 Å². The fraction of sp³-hybridized carbons (Fsp3) is 0.917. The molecule has 104 valence electrons. The summed E-state index contributed by atoms with van der Waals surface area (Å²) in [6.07, 6.45) is 3.86. The molecule has 0 bridgehead atoms. The van der Waals surface area contributed by atoms with Crippen molar-refractivity contribution in [3.05, 3.63) is 0 Å². The van der Waals surface area contributed by atoms with Gasteiger partial charge in [0.1, 0.15) is 0 Å². The van der Waals surface area contributed by atoms with Crippen LogP contribution in [0, 0.1) is 5.92 Å². The standard InChI is InChI=1S/C10H21NOS.C2H6.H2O.Sn/c1-3-5-9(2)8-11-10(12)6-4-7-13;1-2;;/h9,13H,3-8H2,1-2H3,(H,11,12);1-2H3;1H2;. The summed E-state index contributed by atoms with van der Waals surface area (Å²) >= 11 is 4.06. The van der Waals surface area contributed by atoms with Crippen LogP contribution in [0.15, 0.2) is 0 Å². The van der Waals surface area contributed by atoms with Crippen molar-refractivity contribution < 1.29 is 10.3 Å². The molecule has 0 aliphatic carbocycles. The minimum atomic E-state index is 0. The molecular formula is C12H29NO2SSn. The van der Waals surface area contributed by atoms with Crippen LogP contribution in [0.3, 0.4) is 0 Å². The third-order valence-corrected chi connectivity index (χ3v) is 2.31. The zero-order valence-corrected chi connectivity index (χ0v) is 15.4. The Balaban J connectivity index is -0.000000199. The second-order valence-electron chi connectivity index (χ2n) is 3.53. The van der Waals surface area contributed by atoms with Crippen molar-refractivity contribution >= 4 is 42.4 Å². The summed E-state index contributed by atoms with van der Waals surface area (Å²) in [5, 5.41) is 2.93. The topological polar surface area (TPSA) is 60.6 Å². The molecule has 1 amide bonds. The summed E-state index contributed by atoms with van der Waals surface area (Å²) in [5.41, 5.74) is 0. The van der Waals surface area contributed by atoms with E-state index in [0.717, 1.165) is 18.7 Å². The Morgan fingerprint density at radius 2 is 1.88 bits per heavy atom. The number of rotatable bonds is 7. The summed E-state index contributed by atoms with van der Waals surface area (Å²) in [4.78, 5) is 11.2. The molecule has 0 aliphatic heterocycles. The molecular weight excluding hydrogens is 341 g/mol. The van der Waals surface area contributed by atoms with Crippen LogP contribution in [-0.4, -0.2) is 47.6 Å². The van der Waals surface area contributed by atoms with Crippen LogP contribution in [0.2, 0.25) is 0 Å². The zero-order valence-electron chi connectivity index (χ0n) is 11.7. The number of amides is 1. The second-order valence-corrected chi connectivity index (χ2v) is 3.97. The molecule has 3 nitrogen and oxygen atoms in total. The number of nitrogens with one attached hydrogen (secondary N) is 1. The Hall–Kier alpha value is 0.579. The van der Waals surface area contributed by atoms with E-state index in [-0.39, 0.29) is 35.3 Å². The number of hydrogen-bond acceptors (Lipinski definition) is 2. The van der Waals surface area contributed by atoms with E-state index >= 15 is 0 Å². The van der Waals surface area contributed by atoms with Gasteiger partial charge in [0.2, 0.25) is 5.91 Å². The van der Waals surface area contributed by atoms with Gasteiger partial charge in [-0.15, -0.1) is 0 Å². The molecule has 0 heterocycles. The second kappa shape index (κ2) is 21.8. The summed E-state index contributed by atoms with van der Waals surface area (Å²) in [7, 11) is 0. The van der Waals surface area contributed by atoms with Gasteiger partial charge in [-0.05, 0) is 24.5 Å². The number of carbonyl (C=O) groups is 1. The summed E-state index contributed by atoms with van der Waals surface area (Å²) in [5.74, 6) is 1.56. The molecule has 0 aromatic heterocycles. The molecule has 0 aromatic carbocycles. The van der Waals surface area contributed by atoms with Crippen LogP contribution in [-0.2, 0) is 4.79 Å². The van der Waals surface area contributed by atoms with E-state index in [1.807, 2.05) is 13.8 Å². The first-order chi connectivity index (χ1) is 7.20. The first-order valence-electron chi connectivity index (χ1n) is 6.08. The van der Waals surface area contributed by atoms with Gasteiger partial charge in [0.05, 0.1) is 0 Å². The van der Waals surface area contributed by atoms with Gasteiger partial charge in [-0.2, -0.15) is 12.6 Å². The Kier molecular flexibility index (Phi) is 33.6. The zero-order chi connectivity index (χ0) is 12.1. The van der Waals surface area contributed by atoms with Crippen LogP contribution < -0.4 is 5.32 Å². The molecule has 0 aromatic rings. The largest absolute Gasteiger partial charge is 0.412 e. The van der Waals surface area contributed by atoms with Gasteiger partial charge in [0.15, 0.2) is 0 Å². The average molecular weight is 370 g/mol. The van der Waals surface area contributed by atoms with Crippen LogP contribution in [0.1, 0.15) is 53.4 Å². The smallest absolute Gasteiger partial charge is 0.220 e. The van der Waals surface area contributed by atoms with E-state index < -0.39 is 0 Å². The predicted octanol–water partition coefficient (Wildman–Crippen LogP) is 2.07. The molecule has 17 heavy (non-hydrogen) atoms. The maximum Gasteiger partial charge on any atom is 0.220 e. The average Bonchev–Trinajstić information content (AvgIpc) is 2.26. The molecule has 1 atom stereocenters. The first-order valence-corrected chi connectivity index (χ1v) is 6.71. The van der Waals surface area contributed by atoms with E-state index in [1.54, 1.807) is 0 Å². The van der Waals surface area contributed by atoms with E-state index in [9.17, 15) is 4.79 Å². The molecule has 0 spiro atoms. The Labute approximate surface area is 129 Å². The third kappa shape index (κ3) is 22.3. The van der Waals surface area contributed by atoms with Crippen LogP contribution in [0.25, 0.3) is 0 Å². The molecule has 1 unspecified atom stereocenters. The molecule has 0 saturated heterocycles. The van der Waals surface area contributed by atoms with Crippen LogP contribution >= 0.6 is 12.6 Å². The quantitative estimate of drug-likeness (QED) is 0.523. The van der Waals surface area contributed by atoms with E-state index in [0.29, 0.717) is 12.3 Å². The Bertz CT molecular complexity index is 148. The fourth-order valence-electron chi connectivity index (χ4n) is 1.21. The molecule has 0 saturated carbocycles. The van der Waals surface area contributed by atoms with Crippen molar-refractivity contribution in [1.82, 2.24) is 5.32 Å². The molecule has 0 rings (SSSR count). The minimum absolute atomic E-state index is 0. The monoisotopic (exact) mass is 371 g/mol. The van der Waals surface area contributed by atoms with Crippen molar-refractivity contribution in [1.29, 1.82) is 0 Å². The van der Waals surface area contributed by atoms with Gasteiger partial charge >= 0.3 is 0 Å². The van der Waals surface area contributed by atoms with Gasteiger partial charge in [0.25, 0.3) is 0 Å². The number of hydrogen-bond donors (Lipinski definition) is 2. The van der Waals surface area contributed by atoms with Crippen molar-refractivity contribution in [3.8, 4) is 0 Å². The van der Waals surface area contributed by atoms with Gasteiger partial charge < -0.3 is 10.8 Å². The van der Waals surface area contributed by atoms with E-state index in [1.165, 1.54) is 12.8 Å². The number of thiol groups is 1.